The number of aliphatic hydroxyl groups excluding tert-OH is 1. The standard InChI is InChI=1S/C20H27N3O5/c1-13-7-9-20(10-8-13)18(26)23(19(27)22-20)11-16(25)12-28-17-5-3-15(4-6-17)21-14(2)24/h3-6,13,16,25H,7-12H2,1-2H3,(H,21,24)(H,22,27)/t13?,16-,20?/m1/s1. The van der Waals surface area contributed by atoms with Gasteiger partial charge < -0.3 is 20.5 Å². The molecule has 1 atom stereocenters. The van der Waals surface area contributed by atoms with Gasteiger partial charge in [-0.15, -0.1) is 0 Å². The summed E-state index contributed by atoms with van der Waals surface area (Å²) in [4.78, 5) is 37.2. The molecule has 0 aromatic heterocycles. The van der Waals surface area contributed by atoms with Gasteiger partial charge in [0.25, 0.3) is 5.91 Å². The second kappa shape index (κ2) is 8.18. The van der Waals surface area contributed by atoms with Crippen molar-refractivity contribution in [3.05, 3.63) is 24.3 Å². The van der Waals surface area contributed by atoms with Gasteiger partial charge in [-0.25, -0.2) is 4.79 Å². The van der Waals surface area contributed by atoms with Crippen LogP contribution in [0.1, 0.15) is 39.5 Å². The molecule has 2 aliphatic rings. The number of aliphatic hydroxyl groups is 1. The molecule has 1 saturated heterocycles. The number of hydrogen-bond acceptors (Lipinski definition) is 5. The van der Waals surface area contributed by atoms with E-state index in [2.05, 4.69) is 17.6 Å². The summed E-state index contributed by atoms with van der Waals surface area (Å²) < 4.78 is 5.53. The van der Waals surface area contributed by atoms with E-state index in [1.165, 1.54) is 6.92 Å². The molecular weight excluding hydrogens is 362 g/mol. The van der Waals surface area contributed by atoms with Gasteiger partial charge in [0.15, 0.2) is 0 Å². The summed E-state index contributed by atoms with van der Waals surface area (Å²) in [6.45, 7) is 3.41. The Morgan fingerprint density at radius 1 is 1.32 bits per heavy atom. The molecular formula is C20H27N3O5. The van der Waals surface area contributed by atoms with Gasteiger partial charge in [0.05, 0.1) is 6.54 Å². The molecule has 1 heterocycles. The molecule has 1 aromatic carbocycles. The first kappa shape index (κ1) is 20.1. The number of hydrogen-bond donors (Lipinski definition) is 3. The second-order valence-corrected chi connectivity index (χ2v) is 7.78. The van der Waals surface area contributed by atoms with Crippen LogP contribution in [-0.2, 0) is 9.59 Å². The van der Waals surface area contributed by atoms with Crippen molar-refractivity contribution in [2.45, 2.75) is 51.2 Å². The molecule has 4 amide bonds. The zero-order valence-electron chi connectivity index (χ0n) is 16.2. The second-order valence-electron chi connectivity index (χ2n) is 7.78. The third kappa shape index (κ3) is 4.44. The minimum Gasteiger partial charge on any atom is -0.491 e. The van der Waals surface area contributed by atoms with Crippen LogP contribution in [0, 0.1) is 5.92 Å². The molecule has 28 heavy (non-hydrogen) atoms. The van der Waals surface area contributed by atoms with Gasteiger partial charge in [-0.05, 0) is 55.9 Å². The highest BCUT2D eigenvalue weighted by Gasteiger charge is 2.52. The number of anilines is 1. The predicted octanol–water partition coefficient (Wildman–Crippen LogP) is 1.89. The Morgan fingerprint density at radius 2 is 1.96 bits per heavy atom. The van der Waals surface area contributed by atoms with Crippen molar-refractivity contribution in [1.29, 1.82) is 0 Å². The SMILES string of the molecule is CC(=O)Nc1ccc(OC[C@H](O)CN2C(=O)NC3(CCC(C)CC3)C2=O)cc1. The highest BCUT2D eigenvalue weighted by Crippen LogP contribution is 2.36. The summed E-state index contributed by atoms with van der Waals surface area (Å²) >= 11 is 0. The third-order valence-corrected chi connectivity index (χ3v) is 5.38. The highest BCUT2D eigenvalue weighted by molar-refractivity contribution is 6.07. The average Bonchev–Trinajstić information content (AvgIpc) is 2.87. The van der Waals surface area contributed by atoms with Crippen LogP contribution >= 0.6 is 0 Å². The molecule has 1 aliphatic carbocycles. The number of imide groups is 1. The lowest BCUT2D eigenvalue weighted by molar-refractivity contribution is -0.133. The van der Waals surface area contributed by atoms with E-state index in [9.17, 15) is 19.5 Å². The fourth-order valence-corrected chi connectivity index (χ4v) is 3.73. The third-order valence-electron chi connectivity index (χ3n) is 5.38. The number of amides is 4. The molecule has 152 valence electrons. The lowest BCUT2D eigenvalue weighted by Crippen LogP contribution is -2.49. The number of benzene rings is 1. The number of carbonyl (C=O) groups excluding carboxylic acids is 3. The van der Waals surface area contributed by atoms with E-state index in [0.29, 0.717) is 30.2 Å². The van der Waals surface area contributed by atoms with Crippen LogP contribution in [-0.4, -0.2) is 52.6 Å². The van der Waals surface area contributed by atoms with Crippen LogP contribution in [0.25, 0.3) is 0 Å². The van der Waals surface area contributed by atoms with E-state index in [1.54, 1.807) is 24.3 Å². The minimum absolute atomic E-state index is 0.0550. The molecule has 1 aliphatic heterocycles. The van der Waals surface area contributed by atoms with Crippen LogP contribution in [0.15, 0.2) is 24.3 Å². The number of urea groups is 1. The van der Waals surface area contributed by atoms with E-state index in [1.807, 2.05) is 0 Å². The number of β-amino-alcohol motifs (C(OH)–C–C–N with tert-alkyl or cyclic N) is 1. The van der Waals surface area contributed by atoms with E-state index in [4.69, 9.17) is 4.74 Å². The zero-order valence-corrected chi connectivity index (χ0v) is 16.2. The summed E-state index contributed by atoms with van der Waals surface area (Å²) in [7, 11) is 0. The molecule has 1 aromatic rings. The smallest absolute Gasteiger partial charge is 0.325 e. The molecule has 1 saturated carbocycles. The molecule has 8 nitrogen and oxygen atoms in total. The number of nitrogens with one attached hydrogen (secondary N) is 2. The maximum absolute atomic E-state index is 12.8. The van der Waals surface area contributed by atoms with E-state index in [-0.39, 0.29) is 25.0 Å². The van der Waals surface area contributed by atoms with Gasteiger partial charge in [-0.1, -0.05) is 6.92 Å². The van der Waals surface area contributed by atoms with Crippen molar-refractivity contribution >= 4 is 23.5 Å². The lowest BCUT2D eigenvalue weighted by atomic mass is 9.77. The first-order valence-corrected chi connectivity index (χ1v) is 9.62. The molecule has 3 rings (SSSR count). The van der Waals surface area contributed by atoms with Crippen LogP contribution < -0.4 is 15.4 Å². The van der Waals surface area contributed by atoms with Crippen molar-refractivity contribution in [2.75, 3.05) is 18.5 Å². The summed E-state index contributed by atoms with van der Waals surface area (Å²) in [5.41, 5.74) is -0.157. The highest BCUT2D eigenvalue weighted by atomic mass is 16.5. The summed E-state index contributed by atoms with van der Waals surface area (Å²) in [5.74, 6) is 0.662. The van der Waals surface area contributed by atoms with Crippen LogP contribution in [0.5, 0.6) is 5.75 Å². The predicted molar refractivity (Wildman–Crippen MR) is 103 cm³/mol. The Morgan fingerprint density at radius 3 is 2.57 bits per heavy atom. The van der Waals surface area contributed by atoms with Gasteiger partial charge in [0, 0.05) is 12.6 Å². The van der Waals surface area contributed by atoms with Gasteiger partial charge >= 0.3 is 6.03 Å². The average molecular weight is 389 g/mol. The fourth-order valence-electron chi connectivity index (χ4n) is 3.73. The van der Waals surface area contributed by atoms with Gasteiger partial charge in [-0.2, -0.15) is 0 Å². The molecule has 1 spiro atoms. The van der Waals surface area contributed by atoms with Crippen LogP contribution in [0.4, 0.5) is 10.5 Å². The molecule has 0 bridgehead atoms. The van der Waals surface area contributed by atoms with Crippen molar-refractivity contribution in [1.82, 2.24) is 10.2 Å². The first-order valence-electron chi connectivity index (χ1n) is 9.62. The number of carbonyl (C=O) groups is 3. The Balaban J connectivity index is 1.52. The lowest BCUT2D eigenvalue weighted by Gasteiger charge is -2.33. The van der Waals surface area contributed by atoms with Crippen molar-refractivity contribution in [2.24, 2.45) is 5.92 Å². The Labute approximate surface area is 164 Å². The number of ether oxygens (including phenoxy) is 1. The first-order chi connectivity index (χ1) is 13.3. The van der Waals surface area contributed by atoms with Crippen molar-refractivity contribution in [3.63, 3.8) is 0 Å². The molecule has 2 fully saturated rings. The Hall–Kier alpha value is -2.61. The molecule has 0 radical (unpaired) electrons. The maximum Gasteiger partial charge on any atom is 0.325 e. The van der Waals surface area contributed by atoms with Crippen LogP contribution in [0.2, 0.25) is 0 Å². The molecule has 3 N–H and O–H groups in total. The summed E-state index contributed by atoms with van der Waals surface area (Å²) in [6, 6.07) is 6.27. The Bertz CT molecular complexity index is 741. The monoisotopic (exact) mass is 389 g/mol. The quantitative estimate of drug-likeness (QED) is 0.644. The zero-order chi connectivity index (χ0) is 20.3. The summed E-state index contributed by atoms with van der Waals surface area (Å²) in [6.07, 6.45) is 2.09. The van der Waals surface area contributed by atoms with Gasteiger partial charge in [0.2, 0.25) is 5.91 Å². The molecule has 0 unspecified atom stereocenters. The van der Waals surface area contributed by atoms with E-state index in [0.717, 1.165) is 17.7 Å². The van der Waals surface area contributed by atoms with Crippen molar-refractivity contribution in [3.8, 4) is 5.75 Å². The van der Waals surface area contributed by atoms with E-state index < -0.39 is 17.7 Å². The number of nitrogens with zero attached hydrogens (tertiary/aromatic N) is 1. The topological polar surface area (TPSA) is 108 Å². The number of rotatable bonds is 6. The Kier molecular flexibility index (Phi) is 5.88. The van der Waals surface area contributed by atoms with Crippen molar-refractivity contribution < 1.29 is 24.2 Å². The summed E-state index contributed by atoms with van der Waals surface area (Å²) in [5, 5.41) is 15.7. The molecule has 8 heteroatoms. The van der Waals surface area contributed by atoms with E-state index >= 15 is 0 Å². The minimum atomic E-state index is -0.998. The van der Waals surface area contributed by atoms with Gasteiger partial charge in [-0.3, -0.25) is 14.5 Å². The van der Waals surface area contributed by atoms with Crippen LogP contribution in [0.3, 0.4) is 0 Å². The van der Waals surface area contributed by atoms with Gasteiger partial charge in [0.1, 0.15) is 24.0 Å². The fraction of sp³-hybridized carbons (Fsp3) is 0.550. The largest absolute Gasteiger partial charge is 0.491 e. The maximum atomic E-state index is 12.8. The normalized spacial score (nSPS) is 25.5.